The van der Waals surface area contributed by atoms with Gasteiger partial charge in [0, 0.05) is 17.2 Å². The first-order chi connectivity index (χ1) is 11.5. The van der Waals surface area contributed by atoms with E-state index in [9.17, 15) is 9.59 Å². The number of hydrogen-bond donors (Lipinski definition) is 1. The molecule has 5 nitrogen and oxygen atoms in total. The summed E-state index contributed by atoms with van der Waals surface area (Å²) in [6, 6.07) is 9.82. The minimum atomic E-state index is -0.548. The Labute approximate surface area is 145 Å². The van der Waals surface area contributed by atoms with Crippen molar-refractivity contribution >= 4 is 23.6 Å². The maximum atomic E-state index is 11.9. The molecular weight excluding hydrogens is 326 g/mol. The van der Waals surface area contributed by atoms with Gasteiger partial charge in [-0.25, -0.2) is 4.79 Å². The van der Waals surface area contributed by atoms with Crippen LogP contribution in [0.5, 0.6) is 0 Å². The second-order valence-corrected chi connectivity index (χ2v) is 6.58. The number of rotatable bonds is 7. The van der Waals surface area contributed by atoms with Crippen molar-refractivity contribution in [3.05, 3.63) is 53.0 Å². The number of thioether (sulfide) groups is 1. The molecular formula is C18H21NO4S. The number of esters is 1. The van der Waals surface area contributed by atoms with Crippen LogP contribution < -0.4 is 5.32 Å². The summed E-state index contributed by atoms with van der Waals surface area (Å²) in [6.45, 7) is 5.70. The highest BCUT2D eigenvalue weighted by atomic mass is 32.2. The molecule has 1 aromatic carbocycles. The van der Waals surface area contributed by atoms with E-state index in [4.69, 9.17) is 9.15 Å². The van der Waals surface area contributed by atoms with E-state index in [-0.39, 0.29) is 12.5 Å². The third kappa shape index (κ3) is 5.45. The van der Waals surface area contributed by atoms with Gasteiger partial charge in [0.05, 0.1) is 0 Å². The first-order valence-corrected chi connectivity index (χ1v) is 8.64. The number of aryl methyl sites for hydroxylation is 3. The largest absolute Gasteiger partial charge is 0.466 e. The molecule has 0 aliphatic carbocycles. The fraction of sp³-hybridized carbons (Fsp3) is 0.333. The Balaban J connectivity index is 1.65. The van der Waals surface area contributed by atoms with Crippen molar-refractivity contribution in [1.29, 1.82) is 0 Å². The van der Waals surface area contributed by atoms with Crippen molar-refractivity contribution < 1.29 is 18.7 Å². The molecule has 0 saturated carbocycles. The van der Waals surface area contributed by atoms with E-state index in [0.717, 1.165) is 10.6 Å². The van der Waals surface area contributed by atoms with Crippen molar-refractivity contribution in [2.75, 3.05) is 18.9 Å². The van der Waals surface area contributed by atoms with Gasteiger partial charge in [-0.1, -0.05) is 17.7 Å². The zero-order valence-electron chi connectivity index (χ0n) is 14.0. The number of amides is 1. The van der Waals surface area contributed by atoms with E-state index in [1.54, 1.807) is 31.7 Å². The van der Waals surface area contributed by atoms with Gasteiger partial charge in [-0.15, -0.1) is 11.8 Å². The molecule has 0 aliphatic heterocycles. The van der Waals surface area contributed by atoms with Crippen molar-refractivity contribution in [3.63, 3.8) is 0 Å². The van der Waals surface area contributed by atoms with Crippen LogP contribution in [0.1, 0.15) is 27.4 Å². The molecule has 128 valence electrons. The SMILES string of the molecule is Cc1ccc(SCCNC(=O)COC(=O)c2cc(C)oc2C)cc1. The fourth-order valence-corrected chi connectivity index (χ4v) is 2.86. The van der Waals surface area contributed by atoms with Gasteiger partial charge >= 0.3 is 5.97 Å². The first-order valence-electron chi connectivity index (χ1n) is 7.66. The van der Waals surface area contributed by atoms with Gasteiger partial charge in [-0.3, -0.25) is 4.79 Å². The van der Waals surface area contributed by atoms with Crippen LogP contribution in [0.4, 0.5) is 0 Å². The van der Waals surface area contributed by atoms with Gasteiger partial charge in [-0.05, 0) is 39.0 Å². The van der Waals surface area contributed by atoms with Crippen LogP contribution in [-0.2, 0) is 9.53 Å². The molecule has 6 heteroatoms. The highest BCUT2D eigenvalue weighted by Gasteiger charge is 2.16. The van der Waals surface area contributed by atoms with Gasteiger partial charge in [0.2, 0.25) is 0 Å². The van der Waals surface area contributed by atoms with Crippen LogP contribution in [0.3, 0.4) is 0 Å². The molecule has 24 heavy (non-hydrogen) atoms. The van der Waals surface area contributed by atoms with Gasteiger partial charge in [-0.2, -0.15) is 0 Å². The zero-order valence-corrected chi connectivity index (χ0v) is 14.9. The number of hydrogen-bond acceptors (Lipinski definition) is 5. The number of ether oxygens (including phenoxy) is 1. The van der Waals surface area contributed by atoms with Crippen molar-refractivity contribution in [3.8, 4) is 0 Å². The Bertz CT molecular complexity index is 706. The van der Waals surface area contributed by atoms with Crippen LogP contribution >= 0.6 is 11.8 Å². The Hall–Kier alpha value is -2.21. The molecule has 2 rings (SSSR count). The van der Waals surface area contributed by atoms with Gasteiger partial charge in [0.25, 0.3) is 5.91 Å². The number of carbonyl (C=O) groups excluding carboxylic acids is 2. The fourth-order valence-electron chi connectivity index (χ4n) is 2.09. The van der Waals surface area contributed by atoms with Gasteiger partial charge in [0.1, 0.15) is 17.1 Å². The molecule has 0 radical (unpaired) electrons. The van der Waals surface area contributed by atoms with Crippen LogP contribution in [0.2, 0.25) is 0 Å². The van der Waals surface area contributed by atoms with Crippen LogP contribution in [0.15, 0.2) is 39.6 Å². The quantitative estimate of drug-likeness (QED) is 0.473. The average molecular weight is 347 g/mol. The second kappa shape index (κ2) is 8.59. The van der Waals surface area contributed by atoms with E-state index in [2.05, 4.69) is 29.6 Å². The van der Waals surface area contributed by atoms with Crippen LogP contribution in [0, 0.1) is 20.8 Å². The lowest BCUT2D eigenvalue weighted by Gasteiger charge is -2.06. The topological polar surface area (TPSA) is 68.5 Å². The third-order valence-corrected chi connectivity index (χ3v) is 4.32. The normalized spacial score (nSPS) is 10.5. The number of carbonyl (C=O) groups is 2. The van der Waals surface area contributed by atoms with Crippen molar-refractivity contribution in [2.45, 2.75) is 25.7 Å². The first kappa shape index (κ1) is 18.1. The van der Waals surface area contributed by atoms with Gasteiger partial charge in [0.15, 0.2) is 6.61 Å². The van der Waals surface area contributed by atoms with Crippen molar-refractivity contribution in [2.24, 2.45) is 0 Å². The zero-order chi connectivity index (χ0) is 17.5. The van der Waals surface area contributed by atoms with E-state index in [1.807, 2.05) is 6.92 Å². The molecule has 2 aromatic rings. The maximum absolute atomic E-state index is 11.9. The predicted octanol–water partition coefficient (Wildman–Crippen LogP) is 3.27. The lowest BCUT2D eigenvalue weighted by atomic mass is 10.2. The Morgan fingerprint density at radius 1 is 1.17 bits per heavy atom. The Morgan fingerprint density at radius 2 is 1.88 bits per heavy atom. The molecule has 1 aromatic heterocycles. The minimum absolute atomic E-state index is 0.294. The van der Waals surface area contributed by atoms with Crippen LogP contribution in [0.25, 0.3) is 0 Å². The standard InChI is InChI=1S/C18H21NO4S/c1-12-4-6-15(7-5-12)24-9-8-19-17(20)11-22-18(21)16-10-13(2)23-14(16)3/h4-7,10H,8-9,11H2,1-3H3,(H,19,20). The Kier molecular flexibility index (Phi) is 6.49. The average Bonchev–Trinajstić information content (AvgIpc) is 2.89. The molecule has 0 unspecified atom stereocenters. The molecule has 0 spiro atoms. The lowest BCUT2D eigenvalue weighted by molar-refractivity contribution is -0.124. The molecule has 1 amide bonds. The Morgan fingerprint density at radius 3 is 2.50 bits per heavy atom. The number of nitrogens with one attached hydrogen (secondary N) is 1. The molecule has 1 heterocycles. The molecule has 0 atom stereocenters. The molecule has 1 N–H and O–H groups in total. The maximum Gasteiger partial charge on any atom is 0.342 e. The summed E-state index contributed by atoms with van der Waals surface area (Å²) in [7, 11) is 0. The summed E-state index contributed by atoms with van der Waals surface area (Å²) in [5, 5.41) is 2.73. The summed E-state index contributed by atoms with van der Waals surface area (Å²) in [5.74, 6) is 1.02. The van der Waals surface area contributed by atoms with E-state index in [0.29, 0.717) is 23.6 Å². The van der Waals surface area contributed by atoms with Gasteiger partial charge < -0.3 is 14.5 Å². The number of furan rings is 1. The summed E-state index contributed by atoms with van der Waals surface area (Å²) in [5.41, 5.74) is 1.58. The predicted molar refractivity (Wildman–Crippen MR) is 93.4 cm³/mol. The summed E-state index contributed by atoms with van der Waals surface area (Å²) < 4.78 is 10.3. The number of benzene rings is 1. The van der Waals surface area contributed by atoms with E-state index in [1.165, 1.54) is 5.56 Å². The molecule has 0 fully saturated rings. The molecule has 0 aliphatic rings. The second-order valence-electron chi connectivity index (χ2n) is 5.41. The smallest absolute Gasteiger partial charge is 0.342 e. The summed E-state index contributed by atoms with van der Waals surface area (Å²) in [6.07, 6.45) is 0. The monoisotopic (exact) mass is 347 g/mol. The van der Waals surface area contributed by atoms with Crippen LogP contribution in [-0.4, -0.2) is 30.8 Å². The highest BCUT2D eigenvalue weighted by molar-refractivity contribution is 7.99. The lowest BCUT2D eigenvalue weighted by Crippen LogP contribution is -2.30. The molecule has 0 saturated heterocycles. The van der Waals surface area contributed by atoms with Crippen molar-refractivity contribution in [1.82, 2.24) is 5.32 Å². The van der Waals surface area contributed by atoms with E-state index < -0.39 is 5.97 Å². The summed E-state index contributed by atoms with van der Waals surface area (Å²) in [4.78, 5) is 24.7. The summed E-state index contributed by atoms with van der Waals surface area (Å²) >= 11 is 1.66. The third-order valence-electron chi connectivity index (χ3n) is 3.31. The minimum Gasteiger partial charge on any atom is -0.466 e. The molecule has 0 bridgehead atoms. The van der Waals surface area contributed by atoms with E-state index >= 15 is 0 Å². The highest BCUT2D eigenvalue weighted by Crippen LogP contribution is 2.17.